The molecule has 9 nitrogen and oxygen atoms in total. The van der Waals surface area contributed by atoms with E-state index in [4.69, 9.17) is 25.8 Å². The van der Waals surface area contributed by atoms with E-state index < -0.39 is 18.0 Å². The molecule has 0 bridgehead atoms. The quantitative estimate of drug-likeness (QED) is 0.522. The number of carbonyl (C=O) groups excluding carboxylic acids is 2. The SMILES string of the molecule is CCOC(=O)C1=C(CN2CCN(c3ccc(Cl)cc3)CC2)NC(=O)N[C@@H]1c1cccc(OC)c1OC. The maximum absolute atomic E-state index is 13.2. The number of carbonyl (C=O) groups is 2. The first-order chi connectivity index (χ1) is 17.4. The van der Waals surface area contributed by atoms with Crippen LogP contribution in [0.2, 0.25) is 5.02 Å². The van der Waals surface area contributed by atoms with Crippen LogP contribution >= 0.6 is 11.6 Å². The van der Waals surface area contributed by atoms with Crippen molar-refractivity contribution in [3.05, 3.63) is 64.3 Å². The van der Waals surface area contributed by atoms with E-state index >= 15 is 0 Å². The van der Waals surface area contributed by atoms with Gasteiger partial charge in [0.15, 0.2) is 11.5 Å². The molecule has 0 aromatic heterocycles. The number of halogens is 1. The van der Waals surface area contributed by atoms with E-state index in [0.29, 0.717) is 39.9 Å². The molecule has 1 fully saturated rings. The Kier molecular flexibility index (Phi) is 8.22. The summed E-state index contributed by atoms with van der Waals surface area (Å²) in [5.41, 5.74) is 2.60. The van der Waals surface area contributed by atoms with Gasteiger partial charge >= 0.3 is 12.0 Å². The number of hydrogen-bond donors (Lipinski definition) is 2. The number of esters is 1. The summed E-state index contributed by atoms with van der Waals surface area (Å²) in [5, 5.41) is 6.43. The average Bonchev–Trinajstić information content (AvgIpc) is 2.88. The van der Waals surface area contributed by atoms with Crippen molar-refractivity contribution in [2.75, 3.05) is 58.5 Å². The fourth-order valence-corrected chi connectivity index (χ4v) is 4.73. The smallest absolute Gasteiger partial charge is 0.338 e. The van der Waals surface area contributed by atoms with Crippen molar-refractivity contribution in [3.8, 4) is 11.5 Å². The molecule has 1 saturated heterocycles. The van der Waals surface area contributed by atoms with Crippen LogP contribution in [0.4, 0.5) is 10.5 Å². The molecular formula is C26H31ClN4O5. The number of hydrogen-bond acceptors (Lipinski definition) is 7. The van der Waals surface area contributed by atoms with Gasteiger partial charge in [-0.05, 0) is 37.3 Å². The Bertz CT molecular complexity index is 1130. The van der Waals surface area contributed by atoms with Gasteiger partial charge in [-0.2, -0.15) is 0 Å². The Morgan fingerprint density at radius 2 is 1.78 bits per heavy atom. The maximum atomic E-state index is 13.2. The van der Waals surface area contributed by atoms with Crippen LogP contribution in [0.25, 0.3) is 0 Å². The highest BCUT2D eigenvalue weighted by atomic mass is 35.5. The molecule has 36 heavy (non-hydrogen) atoms. The molecule has 10 heteroatoms. The van der Waals surface area contributed by atoms with E-state index in [-0.39, 0.29) is 6.61 Å². The third kappa shape index (κ3) is 5.52. The zero-order valence-corrected chi connectivity index (χ0v) is 21.4. The molecule has 2 amide bonds. The summed E-state index contributed by atoms with van der Waals surface area (Å²) in [4.78, 5) is 30.4. The zero-order chi connectivity index (χ0) is 25.7. The van der Waals surface area contributed by atoms with Crippen molar-refractivity contribution >= 4 is 29.3 Å². The molecular weight excluding hydrogens is 484 g/mol. The number of piperazine rings is 1. The second-order valence-corrected chi connectivity index (χ2v) is 8.90. The summed E-state index contributed by atoms with van der Waals surface area (Å²) < 4.78 is 16.4. The molecule has 0 spiro atoms. The van der Waals surface area contributed by atoms with Gasteiger partial charge in [0.05, 0.1) is 32.4 Å². The first-order valence-electron chi connectivity index (χ1n) is 11.9. The van der Waals surface area contributed by atoms with Crippen LogP contribution in [0.5, 0.6) is 11.5 Å². The van der Waals surface area contributed by atoms with Gasteiger partial charge in [-0.15, -0.1) is 0 Å². The van der Waals surface area contributed by atoms with Crippen LogP contribution in [-0.2, 0) is 9.53 Å². The summed E-state index contributed by atoms with van der Waals surface area (Å²) >= 11 is 6.02. The second-order valence-electron chi connectivity index (χ2n) is 8.47. The Morgan fingerprint density at radius 1 is 1.06 bits per heavy atom. The highest BCUT2D eigenvalue weighted by Gasteiger charge is 2.36. The third-order valence-electron chi connectivity index (χ3n) is 6.34. The number of anilines is 1. The van der Waals surface area contributed by atoms with Crippen molar-refractivity contribution in [1.82, 2.24) is 15.5 Å². The van der Waals surface area contributed by atoms with Crippen LogP contribution in [-0.4, -0.2) is 70.5 Å². The number of methoxy groups -OCH3 is 2. The lowest BCUT2D eigenvalue weighted by Gasteiger charge is -2.38. The molecule has 1 atom stereocenters. The maximum Gasteiger partial charge on any atom is 0.338 e. The van der Waals surface area contributed by atoms with Gasteiger partial charge in [-0.3, -0.25) is 4.90 Å². The molecule has 2 aromatic carbocycles. The van der Waals surface area contributed by atoms with Crippen molar-refractivity contribution in [2.45, 2.75) is 13.0 Å². The lowest BCUT2D eigenvalue weighted by molar-refractivity contribution is -0.139. The van der Waals surface area contributed by atoms with Gasteiger partial charge in [-0.1, -0.05) is 23.7 Å². The molecule has 0 saturated carbocycles. The van der Waals surface area contributed by atoms with Gasteiger partial charge in [0.25, 0.3) is 0 Å². The minimum Gasteiger partial charge on any atom is -0.493 e. The minimum absolute atomic E-state index is 0.214. The molecule has 2 aliphatic heterocycles. The van der Waals surface area contributed by atoms with Gasteiger partial charge in [-0.25, -0.2) is 9.59 Å². The number of urea groups is 1. The molecule has 2 aliphatic rings. The van der Waals surface area contributed by atoms with E-state index in [9.17, 15) is 9.59 Å². The molecule has 4 rings (SSSR count). The Hall–Kier alpha value is -3.43. The normalized spacial score (nSPS) is 18.4. The number of amides is 2. The van der Waals surface area contributed by atoms with E-state index in [2.05, 4.69) is 20.4 Å². The van der Waals surface area contributed by atoms with Crippen LogP contribution in [0.1, 0.15) is 18.5 Å². The minimum atomic E-state index is -0.756. The van der Waals surface area contributed by atoms with Crippen LogP contribution in [0, 0.1) is 0 Å². The number of para-hydroxylation sites is 1. The fraction of sp³-hybridized carbons (Fsp3) is 0.385. The molecule has 2 aromatic rings. The number of ether oxygens (including phenoxy) is 3. The summed E-state index contributed by atoms with van der Waals surface area (Å²) in [5.74, 6) is 0.463. The van der Waals surface area contributed by atoms with Crippen molar-refractivity contribution in [1.29, 1.82) is 0 Å². The first-order valence-corrected chi connectivity index (χ1v) is 12.2. The number of rotatable bonds is 8. The standard InChI is InChI=1S/C26H31ClN4O5/c1-4-36-25(32)22-20(16-30-12-14-31(15-13-30)18-10-8-17(27)9-11-18)28-26(33)29-23(22)19-6-5-7-21(34-2)24(19)35-3/h5-11,23H,4,12-16H2,1-3H3,(H2,28,29,33)/t23-/m1/s1. The lowest BCUT2D eigenvalue weighted by Crippen LogP contribution is -2.51. The largest absolute Gasteiger partial charge is 0.493 e. The Morgan fingerprint density at radius 3 is 2.42 bits per heavy atom. The molecule has 0 aliphatic carbocycles. The van der Waals surface area contributed by atoms with Gasteiger partial charge in [0.1, 0.15) is 0 Å². The topological polar surface area (TPSA) is 92.4 Å². The molecule has 0 radical (unpaired) electrons. The summed E-state index contributed by atoms with van der Waals surface area (Å²) in [6.07, 6.45) is 0. The average molecular weight is 515 g/mol. The highest BCUT2D eigenvalue weighted by molar-refractivity contribution is 6.30. The third-order valence-corrected chi connectivity index (χ3v) is 6.59. The van der Waals surface area contributed by atoms with Crippen molar-refractivity contribution in [3.63, 3.8) is 0 Å². The van der Waals surface area contributed by atoms with E-state index in [1.165, 1.54) is 7.11 Å². The first kappa shape index (κ1) is 25.7. The summed E-state index contributed by atoms with van der Waals surface area (Å²) in [6.45, 7) is 5.51. The fourth-order valence-electron chi connectivity index (χ4n) is 4.60. The zero-order valence-electron chi connectivity index (χ0n) is 20.7. The number of nitrogens with zero attached hydrogens (tertiary/aromatic N) is 2. The number of benzene rings is 2. The summed E-state index contributed by atoms with van der Waals surface area (Å²) in [7, 11) is 3.07. The van der Waals surface area contributed by atoms with Crippen molar-refractivity contribution in [2.24, 2.45) is 0 Å². The van der Waals surface area contributed by atoms with Crippen LogP contribution in [0.3, 0.4) is 0 Å². The second kappa shape index (κ2) is 11.5. The van der Waals surface area contributed by atoms with Gasteiger partial charge < -0.3 is 29.7 Å². The van der Waals surface area contributed by atoms with Crippen molar-refractivity contribution < 1.29 is 23.8 Å². The number of nitrogens with one attached hydrogen (secondary N) is 2. The Balaban J connectivity index is 1.61. The summed E-state index contributed by atoms with van der Waals surface area (Å²) in [6, 6.07) is 12.0. The Labute approximate surface area is 215 Å². The predicted octanol–water partition coefficient (Wildman–Crippen LogP) is 3.35. The molecule has 0 unspecified atom stereocenters. The molecule has 2 N–H and O–H groups in total. The van der Waals surface area contributed by atoms with E-state index in [0.717, 1.165) is 31.9 Å². The van der Waals surface area contributed by atoms with Crippen LogP contribution in [0.15, 0.2) is 53.7 Å². The van der Waals surface area contributed by atoms with E-state index in [1.54, 1.807) is 32.2 Å². The van der Waals surface area contributed by atoms with Crippen LogP contribution < -0.4 is 25.0 Å². The van der Waals surface area contributed by atoms with E-state index in [1.807, 2.05) is 24.3 Å². The predicted molar refractivity (Wildman–Crippen MR) is 138 cm³/mol. The van der Waals surface area contributed by atoms with Gasteiger partial charge in [0.2, 0.25) is 0 Å². The highest BCUT2D eigenvalue weighted by Crippen LogP contribution is 2.39. The monoisotopic (exact) mass is 514 g/mol. The molecule has 192 valence electrons. The molecule has 2 heterocycles. The lowest BCUT2D eigenvalue weighted by atomic mass is 9.93. The van der Waals surface area contributed by atoms with Gasteiger partial charge in [0, 0.05) is 54.7 Å².